The average molecular weight is 352 g/mol. The van der Waals surface area contributed by atoms with Crippen molar-refractivity contribution < 1.29 is 9.47 Å². The van der Waals surface area contributed by atoms with Gasteiger partial charge in [0.25, 0.3) is 0 Å². The van der Waals surface area contributed by atoms with Crippen molar-refractivity contribution >= 4 is 15.9 Å². The van der Waals surface area contributed by atoms with Gasteiger partial charge in [0.15, 0.2) is 11.5 Å². The van der Waals surface area contributed by atoms with Crippen molar-refractivity contribution in [2.75, 3.05) is 14.2 Å². The molecule has 0 radical (unpaired) electrons. The van der Waals surface area contributed by atoms with Gasteiger partial charge in [0.2, 0.25) is 0 Å². The molecule has 1 unspecified atom stereocenters. The molecule has 1 atom stereocenters. The molecule has 21 heavy (non-hydrogen) atoms. The summed E-state index contributed by atoms with van der Waals surface area (Å²) in [5, 5.41) is 0. The highest BCUT2D eigenvalue weighted by molar-refractivity contribution is 9.10. The first-order chi connectivity index (χ1) is 10.2. The molecule has 3 N–H and O–H groups in total. The third-order valence-corrected chi connectivity index (χ3v) is 3.65. The van der Waals surface area contributed by atoms with Gasteiger partial charge in [-0.05, 0) is 51.7 Å². The highest BCUT2D eigenvalue weighted by atomic mass is 79.9. The molecule has 0 aliphatic rings. The van der Waals surface area contributed by atoms with E-state index in [2.05, 4.69) is 26.3 Å². The van der Waals surface area contributed by atoms with Crippen LogP contribution in [0.5, 0.6) is 11.5 Å². The molecule has 0 aliphatic carbocycles. The molecule has 0 spiro atoms. The van der Waals surface area contributed by atoms with E-state index in [0.29, 0.717) is 11.5 Å². The maximum atomic E-state index is 5.70. The summed E-state index contributed by atoms with van der Waals surface area (Å²) in [6.07, 6.45) is 4.30. The Bertz CT molecular complexity index is 607. The predicted octanol–water partition coefficient (Wildman–Crippen LogP) is 2.61. The van der Waals surface area contributed by atoms with Gasteiger partial charge < -0.3 is 9.47 Å². The van der Waals surface area contributed by atoms with E-state index in [4.69, 9.17) is 15.3 Å². The third kappa shape index (κ3) is 3.93. The number of hydrogen-bond acceptors (Lipinski definition) is 5. The lowest BCUT2D eigenvalue weighted by molar-refractivity contribution is 0.353. The van der Waals surface area contributed by atoms with E-state index in [1.165, 1.54) is 0 Å². The number of nitrogens with zero attached hydrogens (tertiary/aromatic N) is 1. The molecule has 2 aromatic rings. The lowest BCUT2D eigenvalue weighted by Crippen LogP contribution is -2.29. The number of hydrazine groups is 1. The van der Waals surface area contributed by atoms with Gasteiger partial charge in [-0.2, -0.15) is 0 Å². The fraction of sp³-hybridized carbons (Fsp3) is 0.267. The summed E-state index contributed by atoms with van der Waals surface area (Å²) < 4.78 is 11.5. The Kier molecular flexibility index (Phi) is 5.55. The van der Waals surface area contributed by atoms with Crippen molar-refractivity contribution in [2.45, 2.75) is 12.5 Å². The molecule has 1 aromatic heterocycles. The van der Waals surface area contributed by atoms with Crippen molar-refractivity contribution in [3.8, 4) is 11.5 Å². The smallest absolute Gasteiger partial charge is 0.161 e. The van der Waals surface area contributed by atoms with Crippen LogP contribution in [0.15, 0.2) is 41.1 Å². The maximum Gasteiger partial charge on any atom is 0.161 e. The Morgan fingerprint density at radius 2 is 1.95 bits per heavy atom. The van der Waals surface area contributed by atoms with Gasteiger partial charge in [0, 0.05) is 16.9 Å². The molecule has 0 fully saturated rings. The van der Waals surface area contributed by atoms with Gasteiger partial charge in [-0.3, -0.25) is 16.3 Å². The number of nitrogens with one attached hydrogen (secondary N) is 1. The first kappa shape index (κ1) is 15.8. The van der Waals surface area contributed by atoms with Gasteiger partial charge in [0.05, 0.1) is 20.3 Å². The Morgan fingerprint density at radius 3 is 2.57 bits per heavy atom. The largest absolute Gasteiger partial charge is 0.493 e. The van der Waals surface area contributed by atoms with Gasteiger partial charge in [-0.25, -0.2) is 0 Å². The number of halogens is 1. The Morgan fingerprint density at radius 1 is 1.19 bits per heavy atom. The molecule has 1 aromatic carbocycles. The standard InChI is InChI=1S/C15H18BrN3O2/c1-20-14-4-3-11(7-15(14)21-2)13(19-17)6-10-5-12(16)9-18-8-10/h3-5,7-9,13,19H,6,17H2,1-2H3. The molecule has 2 rings (SSSR count). The molecule has 5 nitrogen and oxygen atoms in total. The molecule has 0 saturated heterocycles. The molecular weight excluding hydrogens is 334 g/mol. The molecule has 1 heterocycles. The Labute approximate surface area is 132 Å². The van der Waals surface area contributed by atoms with Gasteiger partial charge >= 0.3 is 0 Å². The van der Waals surface area contributed by atoms with Crippen LogP contribution in [0.1, 0.15) is 17.2 Å². The molecule has 0 bridgehead atoms. The number of methoxy groups -OCH3 is 2. The number of pyridine rings is 1. The molecular formula is C15H18BrN3O2. The highest BCUT2D eigenvalue weighted by Crippen LogP contribution is 2.30. The van der Waals surface area contributed by atoms with E-state index in [1.807, 2.05) is 30.5 Å². The van der Waals surface area contributed by atoms with Crippen LogP contribution in [-0.2, 0) is 6.42 Å². The summed E-state index contributed by atoms with van der Waals surface area (Å²) in [6, 6.07) is 7.75. The van der Waals surface area contributed by atoms with Crippen molar-refractivity contribution in [3.05, 3.63) is 52.3 Å². The molecule has 0 aliphatic heterocycles. The van der Waals surface area contributed by atoms with Crippen molar-refractivity contribution in [1.82, 2.24) is 10.4 Å². The summed E-state index contributed by atoms with van der Waals surface area (Å²) in [6.45, 7) is 0. The first-order valence-electron chi connectivity index (χ1n) is 6.45. The second-order valence-electron chi connectivity index (χ2n) is 4.55. The quantitative estimate of drug-likeness (QED) is 0.618. The molecule has 6 heteroatoms. The van der Waals surface area contributed by atoms with E-state index in [0.717, 1.165) is 22.0 Å². The SMILES string of the molecule is COc1ccc(C(Cc2cncc(Br)c2)NN)cc1OC. The topological polar surface area (TPSA) is 69.4 Å². The summed E-state index contributed by atoms with van der Waals surface area (Å²) in [4.78, 5) is 4.17. The van der Waals surface area contributed by atoms with Crippen LogP contribution in [0.25, 0.3) is 0 Å². The Balaban J connectivity index is 2.25. The number of aromatic nitrogens is 1. The third-order valence-electron chi connectivity index (χ3n) is 3.21. The van der Waals surface area contributed by atoms with Crippen LogP contribution in [-0.4, -0.2) is 19.2 Å². The fourth-order valence-corrected chi connectivity index (χ4v) is 2.56. The monoisotopic (exact) mass is 351 g/mol. The van der Waals surface area contributed by atoms with Crippen LogP contribution < -0.4 is 20.7 Å². The van der Waals surface area contributed by atoms with Gasteiger partial charge in [-0.15, -0.1) is 0 Å². The van der Waals surface area contributed by atoms with Crippen LogP contribution in [0.3, 0.4) is 0 Å². The van der Waals surface area contributed by atoms with E-state index < -0.39 is 0 Å². The number of benzene rings is 1. The van der Waals surface area contributed by atoms with Crippen molar-refractivity contribution in [3.63, 3.8) is 0 Å². The minimum absolute atomic E-state index is 0.0408. The normalized spacial score (nSPS) is 12.0. The maximum absolute atomic E-state index is 5.70. The lowest BCUT2D eigenvalue weighted by Gasteiger charge is -2.18. The summed E-state index contributed by atoms with van der Waals surface area (Å²) in [5.41, 5.74) is 4.94. The van der Waals surface area contributed by atoms with Crippen LogP contribution >= 0.6 is 15.9 Å². The highest BCUT2D eigenvalue weighted by Gasteiger charge is 2.14. The number of nitrogens with two attached hydrogens (primary N) is 1. The summed E-state index contributed by atoms with van der Waals surface area (Å²) >= 11 is 3.42. The number of rotatable bonds is 6. The zero-order chi connectivity index (χ0) is 15.2. The van der Waals surface area contributed by atoms with Crippen LogP contribution in [0, 0.1) is 0 Å². The van der Waals surface area contributed by atoms with Gasteiger partial charge in [-0.1, -0.05) is 6.07 Å². The van der Waals surface area contributed by atoms with E-state index in [9.17, 15) is 0 Å². The van der Waals surface area contributed by atoms with Crippen LogP contribution in [0.4, 0.5) is 0 Å². The zero-order valence-corrected chi connectivity index (χ0v) is 13.6. The zero-order valence-electron chi connectivity index (χ0n) is 12.0. The lowest BCUT2D eigenvalue weighted by atomic mass is 10.00. The van der Waals surface area contributed by atoms with Crippen molar-refractivity contribution in [2.24, 2.45) is 5.84 Å². The summed E-state index contributed by atoms with van der Waals surface area (Å²) in [5.74, 6) is 7.08. The van der Waals surface area contributed by atoms with E-state index in [1.54, 1.807) is 20.4 Å². The van der Waals surface area contributed by atoms with Crippen molar-refractivity contribution in [1.29, 1.82) is 0 Å². The predicted molar refractivity (Wildman–Crippen MR) is 85.3 cm³/mol. The fourth-order valence-electron chi connectivity index (χ4n) is 2.15. The Hall–Kier alpha value is -1.63. The minimum atomic E-state index is -0.0408. The first-order valence-corrected chi connectivity index (χ1v) is 7.24. The van der Waals surface area contributed by atoms with E-state index in [-0.39, 0.29) is 6.04 Å². The molecule has 0 saturated carbocycles. The number of ether oxygens (including phenoxy) is 2. The van der Waals surface area contributed by atoms with E-state index >= 15 is 0 Å². The molecule has 112 valence electrons. The summed E-state index contributed by atoms with van der Waals surface area (Å²) in [7, 11) is 3.23. The second-order valence-corrected chi connectivity index (χ2v) is 5.46. The number of hydrogen-bond donors (Lipinski definition) is 2. The minimum Gasteiger partial charge on any atom is -0.493 e. The molecule has 0 amide bonds. The van der Waals surface area contributed by atoms with Gasteiger partial charge in [0.1, 0.15) is 0 Å². The second kappa shape index (κ2) is 7.40. The average Bonchev–Trinajstić information content (AvgIpc) is 2.52. The van der Waals surface area contributed by atoms with Crippen LogP contribution in [0.2, 0.25) is 0 Å².